The molecule has 1 aromatic rings. The molecule has 4 rings (SSSR count). The van der Waals surface area contributed by atoms with E-state index < -0.39 is 29.8 Å². The Morgan fingerprint density at radius 1 is 1.16 bits per heavy atom. The van der Waals surface area contributed by atoms with Crippen molar-refractivity contribution in [1.82, 2.24) is 15.1 Å². The number of anilines is 1. The molecule has 2 unspecified atom stereocenters. The third kappa shape index (κ3) is 3.80. The van der Waals surface area contributed by atoms with E-state index in [9.17, 15) is 23.6 Å². The van der Waals surface area contributed by atoms with E-state index in [2.05, 4.69) is 5.32 Å². The molecule has 0 bridgehead atoms. The lowest BCUT2D eigenvalue weighted by Crippen LogP contribution is -2.65. The number of ether oxygens (including phenoxy) is 1. The molecule has 3 aliphatic heterocycles. The second kappa shape index (κ2) is 8.60. The molecule has 3 heterocycles. The summed E-state index contributed by atoms with van der Waals surface area (Å²) in [7, 11) is 1.67. The van der Waals surface area contributed by atoms with Gasteiger partial charge in [-0.2, -0.15) is 0 Å². The van der Waals surface area contributed by atoms with E-state index in [0.717, 1.165) is 4.90 Å². The number of carbonyl (C=O) groups excluding carboxylic acids is 4. The predicted octanol–water partition coefficient (Wildman–Crippen LogP) is 1.25. The van der Waals surface area contributed by atoms with E-state index in [-0.39, 0.29) is 23.5 Å². The number of likely N-dealkylation sites (tertiary alicyclic amines) is 1. The Labute approximate surface area is 184 Å². The maximum absolute atomic E-state index is 13.3. The number of urea groups is 1. The van der Waals surface area contributed by atoms with Gasteiger partial charge in [-0.15, -0.1) is 0 Å². The molecule has 1 aromatic carbocycles. The lowest BCUT2D eigenvalue weighted by atomic mass is 9.94. The summed E-state index contributed by atoms with van der Waals surface area (Å²) in [5.41, 5.74) is 0.578. The van der Waals surface area contributed by atoms with Crippen molar-refractivity contribution in [1.29, 1.82) is 0 Å². The summed E-state index contributed by atoms with van der Waals surface area (Å²) in [6.45, 7) is 2.87. The summed E-state index contributed by atoms with van der Waals surface area (Å²) in [5, 5.41) is 2.76. The highest BCUT2D eigenvalue weighted by molar-refractivity contribution is 6.19. The lowest BCUT2D eigenvalue weighted by Gasteiger charge is -2.38. The van der Waals surface area contributed by atoms with Gasteiger partial charge >= 0.3 is 12.0 Å². The molecule has 0 aliphatic carbocycles. The molecule has 0 radical (unpaired) electrons. The molecular formula is C22H25FN4O5. The number of halogens is 1. The number of benzene rings is 1. The highest BCUT2D eigenvalue weighted by atomic mass is 19.1. The Kier molecular flexibility index (Phi) is 5.86. The lowest BCUT2D eigenvalue weighted by molar-refractivity contribution is -0.150. The van der Waals surface area contributed by atoms with Crippen molar-refractivity contribution >= 4 is 29.5 Å². The molecular weight excluding hydrogens is 419 g/mol. The van der Waals surface area contributed by atoms with Gasteiger partial charge in [-0.25, -0.2) is 14.1 Å². The molecule has 9 nitrogen and oxygen atoms in total. The average Bonchev–Trinajstić information content (AvgIpc) is 3.11. The van der Waals surface area contributed by atoms with Gasteiger partial charge in [-0.1, -0.05) is 0 Å². The van der Waals surface area contributed by atoms with Crippen LogP contribution in [0.1, 0.15) is 19.8 Å². The molecule has 1 N–H and O–H groups in total. The van der Waals surface area contributed by atoms with Gasteiger partial charge in [0.15, 0.2) is 0 Å². The quantitative estimate of drug-likeness (QED) is 0.702. The van der Waals surface area contributed by atoms with Gasteiger partial charge in [0.05, 0.1) is 29.8 Å². The van der Waals surface area contributed by atoms with Crippen LogP contribution in [0.3, 0.4) is 0 Å². The van der Waals surface area contributed by atoms with Crippen molar-refractivity contribution in [3.05, 3.63) is 41.9 Å². The van der Waals surface area contributed by atoms with Crippen LogP contribution in [0.4, 0.5) is 14.9 Å². The highest BCUT2D eigenvalue weighted by Gasteiger charge is 2.50. The Hall–Kier alpha value is -3.43. The minimum absolute atomic E-state index is 0.229. The number of amides is 4. The fourth-order valence-electron chi connectivity index (χ4n) is 4.47. The van der Waals surface area contributed by atoms with Gasteiger partial charge in [0, 0.05) is 26.3 Å². The SMILES string of the molecule is CCOC(=O)C1CCN(C(=O)C2=CN(C)C3C(=O)N(c4ccc(F)cc4)C(=O)NC23)CC1. The van der Waals surface area contributed by atoms with Crippen LogP contribution in [0.15, 0.2) is 36.0 Å². The maximum Gasteiger partial charge on any atom is 0.329 e. The number of likely N-dealkylation sites (N-methyl/N-ethyl adjacent to an activating group) is 1. The van der Waals surface area contributed by atoms with Crippen LogP contribution >= 0.6 is 0 Å². The Morgan fingerprint density at radius 2 is 1.81 bits per heavy atom. The normalized spacial score (nSPS) is 23.6. The van der Waals surface area contributed by atoms with Crippen molar-refractivity contribution in [3.8, 4) is 0 Å². The van der Waals surface area contributed by atoms with E-state index in [0.29, 0.717) is 38.1 Å². The van der Waals surface area contributed by atoms with Crippen molar-refractivity contribution in [2.45, 2.75) is 31.8 Å². The van der Waals surface area contributed by atoms with E-state index in [1.54, 1.807) is 30.0 Å². The van der Waals surface area contributed by atoms with Gasteiger partial charge in [0.1, 0.15) is 11.9 Å². The van der Waals surface area contributed by atoms with Crippen LogP contribution in [-0.2, 0) is 19.1 Å². The monoisotopic (exact) mass is 444 g/mol. The summed E-state index contributed by atoms with van der Waals surface area (Å²) >= 11 is 0. The smallest absolute Gasteiger partial charge is 0.329 e. The zero-order valence-corrected chi connectivity index (χ0v) is 17.9. The molecule has 2 fully saturated rings. The molecule has 170 valence electrons. The number of carbonyl (C=O) groups is 4. The molecule has 10 heteroatoms. The number of fused-ring (bicyclic) bond motifs is 1. The highest BCUT2D eigenvalue weighted by Crippen LogP contribution is 2.31. The Morgan fingerprint density at radius 3 is 2.44 bits per heavy atom. The molecule has 0 saturated carbocycles. The Balaban J connectivity index is 1.47. The van der Waals surface area contributed by atoms with Gasteiger partial charge in [-0.3, -0.25) is 14.4 Å². The number of esters is 1. The van der Waals surface area contributed by atoms with Crippen LogP contribution in [0, 0.1) is 11.7 Å². The second-order valence-electron chi connectivity index (χ2n) is 8.09. The molecule has 2 atom stereocenters. The molecule has 3 aliphatic rings. The van der Waals surface area contributed by atoms with Crippen molar-refractivity contribution in [2.75, 3.05) is 31.6 Å². The van der Waals surface area contributed by atoms with Gasteiger partial charge < -0.3 is 19.9 Å². The van der Waals surface area contributed by atoms with E-state index >= 15 is 0 Å². The largest absolute Gasteiger partial charge is 0.466 e. The fraction of sp³-hybridized carbons (Fsp3) is 0.455. The maximum atomic E-state index is 13.3. The summed E-state index contributed by atoms with van der Waals surface area (Å²) in [4.78, 5) is 55.3. The summed E-state index contributed by atoms with van der Waals surface area (Å²) in [5.74, 6) is -1.71. The first-order valence-electron chi connectivity index (χ1n) is 10.6. The number of hydrogen-bond acceptors (Lipinski definition) is 6. The summed E-state index contributed by atoms with van der Waals surface area (Å²) in [6.07, 6.45) is 2.60. The first-order valence-corrected chi connectivity index (χ1v) is 10.6. The number of hydrogen-bond donors (Lipinski definition) is 1. The van der Waals surface area contributed by atoms with Crippen LogP contribution < -0.4 is 10.2 Å². The van der Waals surface area contributed by atoms with Crippen LogP contribution in [0.5, 0.6) is 0 Å². The van der Waals surface area contributed by atoms with Crippen molar-refractivity contribution in [2.24, 2.45) is 5.92 Å². The van der Waals surface area contributed by atoms with Gasteiger partial charge in [0.2, 0.25) is 0 Å². The van der Waals surface area contributed by atoms with E-state index in [1.807, 2.05) is 0 Å². The average molecular weight is 444 g/mol. The summed E-state index contributed by atoms with van der Waals surface area (Å²) < 4.78 is 18.3. The number of nitrogens with zero attached hydrogens (tertiary/aromatic N) is 3. The topological polar surface area (TPSA) is 99.3 Å². The Bertz CT molecular complexity index is 971. The minimum Gasteiger partial charge on any atom is -0.466 e. The fourth-order valence-corrected chi connectivity index (χ4v) is 4.47. The number of rotatable bonds is 4. The third-order valence-corrected chi connectivity index (χ3v) is 6.12. The number of imide groups is 1. The number of piperidine rings is 1. The van der Waals surface area contributed by atoms with E-state index in [4.69, 9.17) is 4.74 Å². The first kappa shape index (κ1) is 21.8. The first-order chi connectivity index (χ1) is 15.3. The van der Waals surface area contributed by atoms with Crippen molar-refractivity contribution < 1.29 is 28.3 Å². The molecule has 4 amide bonds. The molecule has 0 spiro atoms. The predicted molar refractivity (Wildman–Crippen MR) is 112 cm³/mol. The molecule has 0 aromatic heterocycles. The van der Waals surface area contributed by atoms with Crippen LogP contribution in [0.2, 0.25) is 0 Å². The molecule has 2 saturated heterocycles. The second-order valence-corrected chi connectivity index (χ2v) is 8.09. The minimum atomic E-state index is -0.785. The van der Waals surface area contributed by atoms with Crippen molar-refractivity contribution in [3.63, 3.8) is 0 Å². The van der Waals surface area contributed by atoms with Crippen LogP contribution in [-0.4, -0.2) is 72.4 Å². The molecule has 32 heavy (non-hydrogen) atoms. The van der Waals surface area contributed by atoms with Gasteiger partial charge in [0.25, 0.3) is 11.8 Å². The van der Waals surface area contributed by atoms with Gasteiger partial charge in [-0.05, 0) is 44.0 Å². The van der Waals surface area contributed by atoms with Crippen LogP contribution in [0.25, 0.3) is 0 Å². The van der Waals surface area contributed by atoms with E-state index in [1.165, 1.54) is 24.3 Å². The summed E-state index contributed by atoms with van der Waals surface area (Å²) in [6, 6.07) is 2.82. The standard InChI is InChI=1S/C22H25FN4O5/c1-3-32-21(30)13-8-10-26(11-9-13)19(28)16-12-25(2)18-17(16)24-22(31)27(20(18)29)15-6-4-14(23)5-7-15/h4-7,12-13,17-18H,3,8-11H2,1-2H3,(H,24,31). The zero-order valence-electron chi connectivity index (χ0n) is 17.9. The number of nitrogens with one attached hydrogen (secondary N) is 1. The third-order valence-electron chi connectivity index (χ3n) is 6.12. The zero-order chi connectivity index (χ0) is 23.0.